The second kappa shape index (κ2) is 6.75. The summed E-state index contributed by atoms with van der Waals surface area (Å²) in [4.78, 5) is 22.5. The smallest absolute Gasteiger partial charge is 0.267 e. The summed E-state index contributed by atoms with van der Waals surface area (Å²) in [5, 5.41) is 19.2. The number of benzene rings is 1. The SMILES string of the molecule is CCSc1nnc(C)n1NC(=O)c1ccc(Cl)c([N+](=O)[O-])c1. The fourth-order valence-electron chi connectivity index (χ4n) is 1.65. The molecular formula is C12H12ClN5O3S. The van der Waals surface area contributed by atoms with Gasteiger partial charge in [-0.15, -0.1) is 10.2 Å². The highest BCUT2D eigenvalue weighted by Gasteiger charge is 2.18. The Hall–Kier alpha value is -2.13. The van der Waals surface area contributed by atoms with E-state index in [9.17, 15) is 14.9 Å². The van der Waals surface area contributed by atoms with Crippen LogP contribution < -0.4 is 5.43 Å². The number of halogens is 1. The first-order chi connectivity index (χ1) is 10.4. The molecule has 1 amide bonds. The number of thioether (sulfide) groups is 1. The van der Waals surface area contributed by atoms with Gasteiger partial charge in [0.15, 0.2) is 0 Å². The Balaban J connectivity index is 2.28. The molecule has 8 nitrogen and oxygen atoms in total. The third kappa shape index (κ3) is 3.37. The average Bonchev–Trinajstić information content (AvgIpc) is 2.81. The molecule has 22 heavy (non-hydrogen) atoms. The molecule has 0 fully saturated rings. The molecule has 0 aliphatic carbocycles. The van der Waals surface area contributed by atoms with Crippen LogP contribution in [0.3, 0.4) is 0 Å². The maximum Gasteiger partial charge on any atom is 0.288 e. The van der Waals surface area contributed by atoms with Crippen molar-refractivity contribution in [1.82, 2.24) is 14.9 Å². The number of nitrogens with one attached hydrogen (secondary N) is 1. The van der Waals surface area contributed by atoms with Crippen molar-refractivity contribution in [2.45, 2.75) is 19.0 Å². The van der Waals surface area contributed by atoms with Crippen LogP contribution in [0, 0.1) is 17.0 Å². The summed E-state index contributed by atoms with van der Waals surface area (Å²) in [6, 6.07) is 3.86. The lowest BCUT2D eigenvalue weighted by Crippen LogP contribution is -2.24. The van der Waals surface area contributed by atoms with Crippen molar-refractivity contribution >= 4 is 35.0 Å². The Morgan fingerprint density at radius 1 is 1.50 bits per heavy atom. The number of carbonyl (C=O) groups is 1. The fraction of sp³-hybridized carbons (Fsp3) is 0.250. The zero-order chi connectivity index (χ0) is 16.3. The van der Waals surface area contributed by atoms with Crippen LogP contribution >= 0.6 is 23.4 Å². The topological polar surface area (TPSA) is 103 Å². The van der Waals surface area contributed by atoms with Gasteiger partial charge in [0.25, 0.3) is 11.6 Å². The van der Waals surface area contributed by atoms with Crippen LogP contribution in [-0.2, 0) is 0 Å². The number of aryl methyl sites for hydroxylation is 1. The van der Waals surface area contributed by atoms with Crippen molar-refractivity contribution in [2.75, 3.05) is 11.2 Å². The highest BCUT2D eigenvalue weighted by atomic mass is 35.5. The molecule has 0 aliphatic rings. The predicted octanol–water partition coefficient (Wildman–Crippen LogP) is 2.64. The molecule has 1 heterocycles. The van der Waals surface area contributed by atoms with E-state index < -0.39 is 10.8 Å². The summed E-state index contributed by atoms with van der Waals surface area (Å²) in [7, 11) is 0. The van der Waals surface area contributed by atoms with Gasteiger partial charge in [0.2, 0.25) is 5.16 Å². The van der Waals surface area contributed by atoms with Crippen LogP contribution in [-0.4, -0.2) is 31.5 Å². The van der Waals surface area contributed by atoms with Crippen molar-refractivity contribution in [3.8, 4) is 0 Å². The summed E-state index contributed by atoms with van der Waals surface area (Å²) in [5.41, 5.74) is 2.41. The van der Waals surface area contributed by atoms with Crippen LogP contribution in [0.25, 0.3) is 0 Å². The highest BCUT2D eigenvalue weighted by molar-refractivity contribution is 7.99. The number of carbonyl (C=O) groups excluding carboxylic acids is 1. The number of nitrogens with zero attached hydrogens (tertiary/aromatic N) is 4. The maximum absolute atomic E-state index is 12.2. The molecule has 0 saturated carbocycles. The third-order valence-corrected chi connectivity index (χ3v) is 3.82. The Labute approximate surface area is 135 Å². The fourth-order valence-corrected chi connectivity index (χ4v) is 2.50. The molecule has 1 aromatic carbocycles. The van der Waals surface area contributed by atoms with E-state index in [2.05, 4.69) is 15.6 Å². The minimum atomic E-state index is -0.637. The Bertz CT molecular complexity index is 734. The number of amides is 1. The first kappa shape index (κ1) is 16.2. The average molecular weight is 342 g/mol. The number of hydrogen-bond donors (Lipinski definition) is 1. The van der Waals surface area contributed by atoms with E-state index in [1.807, 2.05) is 6.92 Å². The van der Waals surface area contributed by atoms with Gasteiger partial charge in [-0.3, -0.25) is 20.3 Å². The van der Waals surface area contributed by atoms with Crippen molar-refractivity contribution in [2.24, 2.45) is 0 Å². The van der Waals surface area contributed by atoms with Gasteiger partial charge in [0.05, 0.1) is 4.92 Å². The minimum absolute atomic E-state index is 0.0238. The second-order valence-corrected chi connectivity index (χ2v) is 5.80. The largest absolute Gasteiger partial charge is 0.288 e. The van der Waals surface area contributed by atoms with Crippen LogP contribution in [0.2, 0.25) is 5.02 Å². The van der Waals surface area contributed by atoms with Crippen LogP contribution in [0.4, 0.5) is 5.69 Å². The molecule has 2 aromatic rings. The van der Waals surface area contributed by atoms with Gasteiger partial charge in [0.1, 0.15) is 10.8 Å². The Morgan fingerprint density at radius 3 is 2.86 bits per heavy atom. The number of aromatic nitrogens is 3. The van der Waals surface area contributed by atoms with E-state index in [1.54, 1.807) is 6.92 Å². The molecule has 0 spiro atoms. The second-order valence-electron chi connectivity index (χ2n) is 4.16. The molecule has 0 atom stereocenters. The van der Waals surface area contributed by atoms with Gasteiger partial charge < -0.3 is 0 Å². The zero-order valence-electron chi connectivity index (χ0n) is 11.7. The quantitative estimate of drug-likeness (QED) is 0.509. The molecule has 0 aliphatic heterocycles. The summed E-state index contributed by atoms with van der Waals surface area (Å²) in [5.74, 6) is 0.758. The van der Waals surface area contributed by atoms with Gasteiger partial charge >= 0.3 is 0 Å². The lowest BCUT2D eigenvalue weighted by molar-refractivity contribution is -0.384. The Morgan fingerprint density at radius 2 is 2.23 bits per heavy atom. The number of hydrogen-bond acceptors (Lipinski definition) is 6. The van der Waals surface area contributed by atoms with Gasteiger partial charge in [-0.25, -0.2) is 4.68 Å². The molecule has 0 saturated heterocycles. The van der Waals surface area contributed by atoms with E-state index in [0.29, 0.717) is 11.0 Å². The Kier molecular flexibility index (Phi) is 4.99. The molecule has 0 unspecified atom stereocenters. The number of rotatable bonds is 5. The summed E-state index contributed by atoms with van der Waals surface area (Å²) in [6.45, 7) is 3.64. The summed E-state index contributed by atoms with van der Waals surface area (Å²) in [6.07, 6.45) is 0. The molecular weight excluding hydrogens is 330 g/mol. The van der Waals surface area contributed by atoms with E-state index in [1.165, 1.54) is 28.6 Å². The van der Waals surface area contributed by atoms with E-state index >= 15 is 0 Å². The van der Waals surface area contributed by atoms with Crippen LogP contribution in [0.1, 0.15) is 23.1 Å². The van der Waals surface area contributed by atoms with Gasteiger partial charge in [-0.05, 0) is 24.8 Å². The monoisotopic (exact) mass is 341 g/mol. The minimum Gasteiger partial charge on any atom is -0.267 e. The molecule has 116 valence electrons. The van der Waals surface area contributed by atoms with E-state index in [4.69, 9.17) is 11.6 Å². The molecule has 2 rings (SSSR count). The first-order valence-corrected chi connectivity index (χ1v) is 7.60. The van der Waals surface area contributed by atoms with Crippen molar-refractivity contribution in [1.29, 1.82) is 0 Å². The molecule has 1 N–H and O–H groups in total. The molecule has 10 heteroatoms. The first-order valence-electron chi connectivity index (χ1n) is 6.24. The van der Waals surface area contributed by atoms with Gasteiger partial charge in [-0.2, -0.15) is 0 Å². The van der Waals surface area contributed by atoms with Crippen molar-refractivity contribution in [3.63, 3.8) is 0 Å². The number of nitro groups is 1. The van der Waals surface area contributed by atoms with Crippen molar-refractivity contribution < 1.29 is 9.72 Å². The summed E-state index contributed by atoms with van der Waals surface area (Å²) < 4.78 is 1.44. The molecule has 1 aromatic heterocycles. The molecule has 0 bridgehead atoms. The maximum atomic E-state index is 12.2. The normalized spacial score (nSPS) is 10.5. The lowest BCUT2D eigenvalue weighted by atomic mass is 10.2. The summed E-state index contributed by atoms with van der Waals surface area (Å²) >= 11 is 7.14. The van der Waals surface area contributed by atoms with Crippen LogP contribution in [0.5, 0.6) is 0 Å². The van der Waals surface area contributed by atoms with E-state index in [0.717, 1.165) is 11.8 Å². The van der Waals surface area contributed by atoms with Gasteiger partial charge in [-0.1, -0.05) is 30.3 Å². The van der Waals surface area contributed by atoms with Crippen molar-refractivity contribution in [3.05, 3.63) is 44.7 Å². The van der Waals surface area contributed by atoms with E-state index in [-0.39, 0.29) is 16.3 Å². The third-order valence-electron chi connectivity index (χ3n) is 2.69. The lowest BCUT2D eigenvalue weighted by Gasteiger charge is -2.09. The standard InChI is InChI=1S/C12H12ClN5O3S/c1-3-22-12-15-14-7(2)17(12)16-11(19)8-4-5-9(13)10(6-8)18(20)21/h4-6H,3H2,1-2H3,(H,16,19). The predicted molar refractivity (Wildman–Crippen MR) is 83.0 cm³/mol. The van der Waals surface area contributed by atoms with Gasteiger partial charge in [0, 0.05) is 11.6 Å². The van der Waals surface area contributed by atoms with Crippen LogP contribution in [0.15, 0.2) is 23.4 Å². The molecule has 0 radical (unpaired) electrons. The number of nitro benzene ring substituents is 1. The zero-order valence-corrected chi connectivity index (χ0v) is 13.3. The highest BCUT2D eigenvalue weighted by Crippen LogP contribution is 2.25.